The fraction of sp³-hybridized carbons (Fsp3) is 0.0385. The summed E-state index contributed by atoms with van der Waals surface area (Å²) in [7, 11) is 0. The molecule has 0 radical (unpaired) electrons. The Bertz CT molecular complexity index is 1280. The van der Waals surface area contributed by atoms with Crippen molar-refractivity contribution in [2.24, 2.45) is 0 Å². The summed E-state index contributed by atoms with van der Waals surface area (Å²) in [6.45, 7) is 0. The molecule has 1 atom stereocenters. The van der Waals surface area contributed by atoms with Crippen LogP contribution in [0.15, 0.2) is 103 Å². The number of nitrogens with zero attached hydrogens (tertiary/aromatic N) is 1. The number of hydrogen-bond donors (Lipinski definition) is 2. The van der Waals surface area contributed by atoms with Crippen LogP contribution in [0.1, 0.15) is 17.2 Å². The summed E-state index contributed by atoms with van der Waals surface area (Å²) < 4.78 is 0. The molecule has 1 aromatic heterocycles. The van der Waals surface area contributed by atoms with Crippen LogP contribution in [0, 0.1) is 0 Å². The van der Waals surface area contributed by atoms with Crippen LogP contribution in [0.25, 0.3) is 21.8 Å². The van der Waals surface area contributed by atoms with Gasteiger partial charge in [-0.3, -0.25) is 0 Å². The Morgan fingerprint density at radius 1 is 0.690 bits per heavy atom. The molecule has 0 fully saturated rings. The van der Waals surface area contributed by atoms with Crippen molar-refractivity contribution >= 4 is 27.5 Å². The lowest BCUT2D eigenvalue weighted by Crippen LogP contribution is -2.12. The van der Waals surface area contributed by atoms with Gasteiger partial charge in [0, 0.05) is 22.0 Å². The van der Waals surface area contributed by atoms with Crippen LogP contribution in [-0.4, -0.2) is 10.1 Å². The van der Waals surface area contributed by atoms with E-state index in [9.17, 15) is 5.11 Å². The van der Waals surface area contributed by atoms with E-state index in [0.29, 0.717) is 5.52 Å². The molecule has 0 aliphatic rings. The van der Waals surface area contributed by atoms with Crippen molar-refractivity contribution < 1.29 is 5.11 Å². The first kappa shape index (κ1) is 17.3. The van der Waals surface area contributed by atoms with Gasteiger partial charge in [0.25, 0.3) is 0 Å². The third-order valence-corrected chi connectivity index (χ3v) is 5.22. The summed E-state index contributed by atoms with van der Waals surface area (Å²) in [5, 5.41) is 16.8. The van der Waals surface area contributed by atoms with Crippen molar-refractivity contribution in [1.82, 2.24) is 4.98 Å². The molecule has 5 rings (SSSR count). The highest BCUT2D eigenvalue weighted by molar-refractivity contribution is 5.96. The second kappa shape index (κ2) is 7.28. The lowest BCUT2D eigenvalue weighted by molar-refractivity contribution is 0.472. The number of benzene rings is 4. The maximum absolute atomic E-state index is 11.2. The molecular formula is C26H20N2O. The van der Waals surface area contributed by atoms with Gasteiger partial charge in [-0.2, -0.15) is 0 Å². The minimum atomic E-state index is -0.198. The van der Waals surface area contributed by atoms with Gasteiger partial charge in [0.05, 0.1) is 11.6 Å². The van der Waals surface area contributed by atoms with Crippen LogP contribution in [0.5, 0.6) is 5.75 Å². The van der Waals surface area contributed by atoms with E-state index in [-0.39, 0.29) is 11.8 Å². The maximum Gasteiger partial charge on any atom is 0.147 e. The normalized spacial score (nSPS) is 12.1. The average molecular weight is 376 g/mol. The standard InChI is InChI=1S/C26H20N2O/c29-26-22(16-15-20-17-19-11-7-8-14-23(19)28-25(20)26)24(18-9-3-1-4-10-18)27-21-12-5-2-6-13-21/h1-17,24,27,29H. The second-order valence-electron chi connectivity index (χ2n) is 7.11. The van der Waals surface area contributed by atoms with Crippen molar-refractivity contribution in [1.29, 1.82) is 0 Å². The van der Waals surface area contributed by atoms with Gasteiger partial charge in [0.1, 0.15) is 11.3 Å². The van der Waals surface area contributed by atoms with Crippen LogP contribution in [-0.2, 0) is 0 Å². The van der Waals surface area contributed by atoms with Gasteiger partial charge in [0.2, 0.25) is 0 Å². The Balaban J connectivity index is 1.68. The van der Waals surface area contributed by atoms with Crippen LogP contribution in [0.3, 0.4) is 0 Å². The van der Waals surface area contributed by atoms with Gasteiger partial charge in [-0.05, 0) is 29.8 Å². The lowest BCUT2D eigenvalue weighted by atomic mass is 9.95. The van der Waals surface area contributed by atoms with E-state index < -0.39 is 0 Å². The van der Waals surface area contributed by atoms with Crippen LogP contribution in [0.2, 0.25) is 0 Å². The molecular weight excluding hydrogens is 356 g/mol. The molecule has 0 saturated carbocycles. The second-order valence-corrected chi connectivity index (χ2v) is 7.11. The fourth-order valence-corrected chi connectivity index (χ4v) is 3.76. The smallest absolute Gasteiger partial charge is 0.147 e. The van der Waals surface area contributed by atoms with Crippen molar-refractivity contribution in [3.63, 3.8) is 0 Å². The molecule has 0 aliphatic heterocycles. The van der Waals surface area contributed by atoms with Gasteiger partial charge in [-0.1, -0.05) is 78.9 Å². The maximum atomic E-state index is 11.2. The van der Waals surface area contributed by atoms with Gasteiger partial charge in [-0.15, -0.1) is 0 Å². The SMILES string of the molecule is Oc1c(C(Nc2ccccc2)c2ccccc2)ccc2cc3ccccc3nc12. The van der Waals surface area contributed by atoms with Crippen LogP contribution >= 0.6 is 0 Å². The molecule has 1 heterocycles. The van der Waals surface area contributed by atoms with Crippen molar-refractivity contribution in [2.75, 3.05) is 5.32 Å². The highest BCUT2D eigenvalue weighted by atomic mass is 16.3. The molecule has 0 amide bonds. The van der Waals surface area contributed by atoms with Gasteiger partial charge in [0.15, 0.2) is 0 Å². The largest absolute Gasteiger partial charge is 0.505 e. The Morgan fingerprint density at radius 2 is 1.38 bits per heavy atom. The van der Waals surface area contributed by atoms with E-state index in [1.54, 1.807) is 0 Å². The first-order valence-corrected chi connectivity index (χ1v) is 9.67. The van der Waals surface area contributed by atoms with Crippen molar-refractivity contribution in [3.05, 3.63) is 114 Å². The van der Waals surface area contributed by atoms with Crippen molar-refractivity contribution in [2.45, 2.75) is 6.04 Å². The summed E-state index contributed by atoms with van der Waals surface area (Å²) in [4.78, 5) is 4.74. The van der Waals surface area contributed by atoms with E-state index in [1.165, 1.54) is 0 Å². The number of fused-ring (bicyclic) bond motifs is 2. The minimum absolute atomic E-state index is 0.198. The molecule has 3 heteroatoms. The van der Waals surface area contributed by atoms with E-state index >= 15 is 0 Å². The minimum Gasteiger partial charge on any atom is -0.505 e. The first-order valence-electron chi connectivity index (χ1n) is 9.67. The molecule has 3 nitrogen and oxygen atoms in total. The Kier molecular flexibility index (Phi) is 4.34. The zero-order valence-electron chi connectivity index (χ0n) is 15.8. The highest BCUT2D eigenvalue weighted by Crippen LogP contribution is 2.37. The third kappa shape index (κ3) is 3.27. The molecule has 0 spiro atoms. The number of nitrogens with one attached hydrogen (secondary N) is 1. The number of aromatic hydroxyl groups is 1. The van der Waals surface area contributed by atoms with Crippen LogP contribution in [0.4, 0.5) is 5.69 Å². The van der Waals surface area contributed by atoms with Gasteiger partial charge in [-0.25, -0.2) is 4.98 Å². The van der Waals surface area contributed by atoms with Gasteiger partial charge < -0.3 is 10.4 Å². The summed E-state index contributed by atoms with van der Waals surface area (Å²) in [6, 6.07) is 34.1. The summed E-state index contributed by atoms with van der Waals surface area (Å²) >= 11 is 0. The fourth-order valence-electron chi connectivity index (χ4n) is 3.76. The average Bonchev–Trinajstić information content (AvgIpc) is 2.78. The lowest BCUT2D eigenvalue weighted by Gasteiger charge is -2.22. The topological polar surface area (TPSA) is 45.1 Å². The zero-order chi connectivity index (χ0) is 19.6. The summed E-state index contributed by atoms with van der Waals surface area (Å²) in [5.41, 5.74) is 4.37. The summed E-state index contributed by atoms with van der Waals surface area (Å²) in [6.07, 6.45) is 0. The number of phenolic OH excluding ortho intramolecular Hbond substituents is 1. The molecule has 0 bridgehead atoms. The molecule has 4 aromatic carbocycles. The number of hydrogen-bond acceptors (Lipinski definition) is 3. The Hall–Kier alpha value is -3.85. The number of para-hydroxylation sites is 2. The number of aromatic nitrogens is 1. The quantitative estimate of drug-likeness (QED) is 0.362. The van der Waals surface area contributed by atoms with Crippen LogP contribution < -0.4 is 5.32 Å². The first-order chi connectivity index (χ1) is 14.3. The van der Waals surface area contributed by atoms with Crippen molar-refractivity contribution in [3.8, 4) is 5.75 Å². The third-order valence-electron chi connectivity index (χ3n) is 5.22. The predicted molar refractivity (Wildman–Crippen MR) is 119 cm³/mol. The molecule has 5 aromatic rings. The number of anilines is 1. The van der Waals surface area contributed by atoms with Gasteiger partial charge >= 0.3 is 0 Å². The van der Waals surface area contributed by atoms with E-state index in [1.807, 2.05) is 84.9 Å². The predicted octanol–water partition coefficient (Wildman–Crippen LogP) is 6.30. The molecule has 0 aliphatic carbocycles. The highest BCUT2D eigenvalue weighted by Gasteiger charge is 2.20. The molecule has 0 saturated heterocycles. The monoisotopic (exact) mass is 376 g/mol. The summed E-state index contributed by atoms with van der Waals surface area (Å²) in [5.74, 6) is 0.213. The molecule has 1 unspecified atom stereocenters. The van der Waals surface area contributed by atoms with E-state index in [4.69, 9.17) is 4.98 Å². The Morgan fingerprint density at radius 3 is 2.17 bits per heavy atom. The molecule has 29 heavy (non-hydrogen) atoms. The molecule has 140 valence electrons. The number of phenols is 1. The number of rotatable bonds is 4. The van der Waals surface area contributed by atoms with E-state index in [2.05, 4.69) is 23.5 Å². The molecule has 2 N–H and O–H groups in total. The number of pyridine rings is 1. The van der Waals surface area contributed by atoms with E-state index in [0.717, 1.165) is 33.1 Å². The Labute approximate surface area is 169 Å². The zero-order valence-corrected chi connectivity index (χ0v) is 15.8.